The average Bonchev–Trinajstić information content (AvgIpc) is 2.69. The van der Waals surface area contributed by atoms with E-state index in [0.29, 0.717) is 21.5 Å². The van der Waals surface area contributed by atoms with Gasteiger partial charge in [-0.05, 0) is 19.1 Å². The predicted octanol–water partition coefficient (Wildman–Crippen LogP) is 3.74. The standard InChI is InChI=1S/C11H9Cl2N3O/c1-7-2-3-8(17-7)4-15-16-11-9(12)5-14-6-10(11)13/h2-6H,1H3,(H,14,16). The molecule has 0 radical (unpaired) electrons. The summed E-state index contributed by atoms with van der Waals surface area (Å²) < 4.78 is 5.31. The molecule has 2 heterocycles. The molecule has 0 saturated heterocycles. The van der Waals surface area contributed by atoms with Gasteiger partial charge in [-0.15, -0.1) is 0 Å². The number of furan rings is 1. The number of halogens is 2. The fourth-order valence-corrected chi connectivity index (χ4v) is 1.65. The number of aryl methyl sites for hydroxylation is 1. The Kier molecular flexibility index (Phi) is 3.66. The molecule has 17 heavy (non-hydrogen) atoms. The molecule has 0 spiro atoms. The van der Waals surface area contributed by atoms with Crippen molar-refractivity contribution in [1.82, 2.24) is 4.98 Å². The third-order valence-electron chi connectivity index (χ3n) is 1.98. The Morgan fingerprint density at radius 1 is 1.29 bits per heavy atom. The lowest BCUT2D eigenvalue weighted by molar-refractivity contribution is 0.528. The molecule has 6 heteroatoms. The molecule has 2 aromatic heterocycles. The highest BCUT2D eigenvalue weighted by Gasteiger charge is 2.04. The van der Waals surface area contributed by atoms with Crippen LogP contribution in [-0.4, -0.2) is 11.2 Å². The number of nitrogens with zero attached hydrogens (tertiary/aromatic N) is 2. The van der Waals surface area contributed by atoms with Gasteiger partial charge in [0.05, 0.1) is 21.9 Å². The molecule has 0 atom stereocenters. The van der Waals surface area contributed by atoms with Crippen LogP contribution in [0, 0.1) is 6.92 Å². The molecule has 0 bridgehead atoms. The molecule has 0 unspecified atom stereocenters. The molecule has 88 valence electrons. The minimum Gasteiger partial charge on any atom is -0.460 e. The van der Waals surface area contributed by atoms with Crippen molar-refractivity contribution >= 4 is 35.1 Å². The molecule has 2 rings (SSSR count). The van der Waals surface area contributed by atoms with Gasteiger partial charge < -0.3 is 4.42 Å². The van der Waals surface area contributed by atoms with E-state index in [0.717, 1.165) is 5.76 Å². The molecule has 1 N–H and O–H groups in total. The maximum atomic E-state index is 5.91. The third-order valence-corrected chi connectivity index (χ3v) is 2.56. The zero-order valence-corrected chi connectivity index (χ0v) is 10.5. The van der Waals surface area contributed by atoms with E-state index in [1.165, 1.54) is 12.4 Å². The number of rotatable bonds is 3. The zero-order chi connectivity index (χ0) is 12.3. The Hall–Kier alpha value is -1.52. The summed E-state index contributed by atoms with van der Waals surface area (Å²) in [6, 6.07) is 3.67. The van der Waals surface area contributed by atoms with Crippen LogP contribution in [0.1, 0.15) is 11.5 Å². The molecule has 0 saturated carbocycles. The molecule has 0 aromatic carbocycles. The van der Waals surface area contributed by atoms with Crippen LogP contribution in [0.3, 0.4) is 0 Å². The molecule has 0 aliphatic heterocycles. The summed E-state index contributed by atoms with van der Waals surface area (Å²) in [5, 5.41) is 4.80. The van der Waals surface area contributed by atoms with Crippen LogP contribution in [0.5, 0.6) is 0 Å². The van der Waals surface area contributed by atoms with Gasteiger partial charge in [-0.2, -0.15) is 5.10 Å². The molecule has 0 aliphatic rings. The van der Waals surface area contributed by atoms with Crippen molar-refractivity contribution in [2.75, 3.05) is 5.43 Å². The van der Waals surface area contributed by atoms with E-state index in [1.807, 2.05) is 19.1 Å². The second-order valence-electron chi connectivity index (χ2n) is 3.30. The largest absolute Gasteiger partial charge is 0.460 e. The van der Waals surface area contributed by atoms with Gasteiger partial charge in [-0.3, -0.25) is 10.4 Å². The van der Waals surface area contributed by atoms with E-state index >= 15 is 0 Å². The normalized spacial score (nSPS) is 11.0. The second kappa shape index (κ2) is 5.21. The van der Waals surface area contributed by atoms with Crippen molar-refractivity contribution in [2.24, 2.45) is 5.10 Å². The number of hydrazone groups is 1. The monoisotopic (exact) mass is 269 g/mol. The van der Waals surface area contributed by atoms with Crippen LogP contribution in [0.25, 0.3) is 0 Å². The first-order valence-corrected chi connectivity index (χ1v) is 5.57. The summed E-state index contributed by atoms with van der Waals surface area (Å²) in [6.07, 6.45) is 4.52. The minimum atomic E-state index is 0.408. The van der Waals surface area contributed by atoms with Crippen LogP contribution in [-0.2, 0) is 0 Å². The lowest BCUT2D eigenvalue weighted by atomic mass is 10.4. The molecular weight excluding hydrogens is 261 g/mol. The number of hydrogen-bond acceptors (Lipinski definition) is 4. The lowest BCUT2D eigenvalue weighted by Gasteiger charge is -2.03. The van der Waals surface area contributed by atoms with Crippen molar-refractivity contribution < 1.29 is 4.42 Å². The maximum absolute atomic E-state index is 5.91. The number of nitrogens with one attached hydrogen (secondary N) is 1. The van der Waals surface area contributed by atoms with Gasteiger partial charge >= 0.3 is 0 Å². The smallest absolute Gasteiger partial charge is 0.147 e. The first-order valence-electron chi connectivity index (χ1n) is 4.81. The van der Waals surface area contributed by atoms with Gasteiger partial charge in [-0.25, -0.2) is 0 Å². The molecule has 0 amide bonds. The maximum Gasteiger partial charge on any atom is 0.147 e. The Bertz CT molecular complexity index is 531. The van der Waals surface area contributed by atoms with Gasteiger partial charge in [0, 0.05) is 12.4 Å². The van der Waals surface area contributed by atoms with E-state index < -0.39 is 0 Å². The number of aromatic nitrogens is 1. The number of pyridine rings is 1. The number of hydrogen-bond donors (Lipinski definition) is 1. The Balaban J connectivity index is 2.10. The van der Waals surface area contributed by atoms with Gasteiger partial charge in [0.2, 0.25) is 0 Å². The summed E-state index contributed by atoms with van der Waals surface area (Å²) in [4.78, 5) is 3.84. The first kappa shape index (κ1) is 12.0. The Morgan fingerprint density at radius 3 is 2.59 bits per heavy atom. The zero-order valence-electron chi connectivity index (χ0n) is 8.95. The van der Waals surface area contributed by atoms with E-state index in [9.17, 15) is 0 Å². The van der Waals surface area contributed by atoms with Gasteiger partial charge in [0.25, 0.3) is 0 Å². The summed E-state index contributed by atoms with van der Waals surface area (Å²) in [7, 11) is 0. The van der Waals surface area contributed by atoms with Gasteiger partial charge in [0.1, 0.15) is 11.5 Å². The SMILES string of the molecule is Cc1ccc(C=NNc2c(Cl)cncc2Cl)o1. The van der Waals surface area contributed by atoms with Crippen LogP contribution >= 0.6 is 23.2 Å². The molecule has 0 fully saturated rings. The highest BCUT2D eigenvalue weighted by Crippen LogP contribution is 2.28. The fourth-order valence-electron chi connectivity index (χ4n) is 1.20. The molecule has 4 nitrogen and oxygen atoms in total. The van der Waals surface area contributed by atoms with E-state index in [4.69, 9.17) is 27.6 Å². The van der Waals surface area contributed by atoms with Crippen LogP contribution in [0.15, 0.2) is 34.0 Å². The summed E-state index contributed by atoms with van der Waals surface area (Å²) >= 11 is 11.8. The summed E-state index contributed by atoms with van der Waals surface area (Å²) in [6.45, 7) is 1.86. The Labute approximate surface area is 108 Å². The van der Waals surface area contributed by atoms with E-state index in [2.05, 4.69) is 15.5 Å². The van der Waals surface area contributed by atoms with Crippen molar-refractivity contribution in [3.05, 3.63) is 46.1 Å². The average molecular weight is 270 g/mol. The second-order valence-corrected chi connectivity index (χ2v) is 4.11. The van der Waals surface area contributed by atoms with Crippen LogP contribution in [0.4, 0.5) is 5.69 Å². The van der Waals surface area contributed by atoms with Crippen molar-refractivity contribution in [3.8, 4) is 0 Å². The number of anilines is 1. The van der Waals surface area contributed by atoms with Crippen LogP contribution in [0.2, 0.25) is 10.0 Å². The fraction of sp³-hybridized carbons (Fsp3) is 0.0909. The highest BCUT2D eigenvalue weighted by molar-refractivity contribution is 6.38. The van der Waals surface area contributed by atoms with Gasteiger partial charge in [-0.1, -0.05) is 23.2 Å². The first-order chi connectivity index (χ1) is 8.16. The van der Waals surface area contributed by atoms with Gasteiger partial charge in [0.15, 0.2) is 0 Å². The molecule has 2 aromatic rings. The van der Waals surface area contributed by atoms with Crippen molar-refractivity contribution in [2.45, 2.75) is 6.92 Å². The minimum absolute atomic E-state index is 0.408. The Morgan fingerprint density at radius 2 is 2.00 bits per heavy atom. The van der Waals surface area contributed by atoms with Crippen LogP contribution < -0.4 is 5.43 Å². The topological polar surface area (TPSA) is 50.4 Å². The van der Waals surface area contributed by atoms with E-state index in [-0.39, 0.29) is 0 Å². The highest BCUT2D eigenvalue weighted by atomic mass is 35.5. The summed E-state index contributed by atoms with van der Waals surface area (Å²) in [5.41, 5.74) is 3.26. The third kappa shape index (κ3) is 2.99. The quantitative estimate of drug-likeness (QED) is 0.682. The molecular formula is C11H9Cl2N3O. The van der Waals surface area contributed by atoms with Crippen molar-refractivity contribution in [1.29, 1.82) is 0 Å². The summed E-state index contributed by atoms with van der Waals surface area (Å²) in [5.74, 6) is 1.47. The van der Waals surface area contributed by atoms with E-state index in [1.54, 1.807) is 6.21 Å². The molecule has 0 aliphatic carbocycles. The van der Waals surface area contributed by atoms with Crippen molar-refractivity contribution in [3.63, 3.8) is 0 Å². The predicted molar refractivity (Wildman–Crippen MR) is 68.9 cm³/mol. The lowest BCUT2D eigenvalue weighted by Crippen LogP contribution is -1.92.